The molecule has 0 saturated heterocycles. The Labute approximate surface area is 115 Å². The zero-order valence-corrected chi connectivity index (χ0v) is 10.2. The van der Waals surface area contributed by atoms with E-state index < -0.39 is 0 Å². The van der Waals surface area contributed by atoms with Crippen molar-refractivity contribution in [2.75, 3.05) is 0 Å². The van der Waals surface area contributed by atoms with Crippen LogP contribution in [0.15, 0.2) is 53.0 Å². The minimum atomic E-state index is 0. The summed E-state index contributed by atoms with van der Waals surface area (Å²) in [6.45, 7) is 0.135. The number of benzene rings is 1. The third kappa shape index (κ3) is 2.41. The molecule has 3 heteroatoms. The average Bonchev–Trinajstić information content (AvgIpc) is 2.58. The minimum Gasteiger partial charge on any atom is -0.723 e. The molecule has 0 spiro atoms. The third-order valence-electron chi connectivity index (χ3n) is 1.72. The van der Waals surface area contributed by atoms with Gasteiger partial charge in [-0.2, -0.15) is 5.46 Å². The first-order valence-corrected chi connectivity index (χ1v) is 3.67. The zero-order chi connectivity index (χ0) is 7.52. The van der Waals surface area contributed by atoms with E-state index >= 15 is 0 Å². The van der Waals surface area contributed by atoms with Gasteiger partial charge in [0.2, 0.25) is 0 Å². The predicted molar refractivity (Wildman–Crippen MR) is 46.0 cm³/mol. The van der Waals surface area contributed by atoms with Crippen molar-refractivity contribution in [3.05, 3.63) is 48.6 Å². The van der Waals surface area contributed by atoms with Crippen LogP contribution in [0.5, 0.6) is 0 Å². The van der Waals surface area contributed by atoms with Gasteiger partial charge in [0.15, 0.2) is 0 Å². The monoisotopic (exact) mass is 182 g/mol. The van der Waals surface area contributed by atoms with Gasteiger partial charge in [-0.05, 0) is 0 Å². The molecule has 12 heavy (non-hydrogen) atoms. The molecule has 0 bridgehead atoms. The van der Waals surface area contributed by atoms with Gasteiger partial charge in [0.25, 0.3) is 0 Å². The molecule has 0 atom stereocenters. The topological polar surface area (TPSA) is 13.1 Å². The Morgan fingerprint density at radius 2 is 1.75 bits per heavy atom. The van der Waals surface area contributed by atoms with Gasteiger partial charge in [0, 0.05) is 6.26 Å². The zero-order valence-electron chi connectivity index (χ0n) is 7.10. The third-order valence-corrected chi connectivity index (χ3v) is 1.72. The Balaban J connectivity index is 0.000000720. The molecule has 0 aliphatic rings. The molecule has 0 aliphatic heterocycles. The summed E-state index contributed by atoms with van der Waals surface area (Å²) in [5.41, 5.74) is 1.21. The van der Waals surface area contributed by atoms with Crippen LogP contribution in [-0.2, 0) is 0 Å². The van der Waals surface area contributed by atoms with Crippen LogP contribution in [0.3, 0.4) is 0 Å². The molecule has 0 radical (unpaired) electrons. The molecule has 0 saturated carbocycles. The summed E-state index contributed by atoms with van der Waals surface area (Å²) >= 11 is 0. The molecule has 0 N–H and O–H groups in total. The standard InChI is InChI=1S/C9H8BO.K/c1-2-5-9(6-3-1)10-7-4-8-11-10;/h1-8H;/q-1;+1. The van der Waals surface area contributed by atoms with Gasteiger partial charge in [-0.15, -0.1) is 0 Å². The van der Waals surface area contributed by atoms with Crippen LogP contribution in [0.1, 0.15) is 0 Å². The summed E-state index contributed by atoms with van der Waals surface area (Å²) in [7, 11) is 0. The smallest absolute Gasteiger partial charge is 0.723 e. The average molecular weight is 182 g/mol. The van der Waals surface area contributed by atoms with Gasteiger partial charge >= 0.3 is 51.4 Å². The van der Waals surface area contributed by atoms with E-state index in [0.717, 1.165) is 0 Å². The van der Waals surface area contributed by atoms with Gasteiger partial charge in [-0.3, -0.25) is 0 Å². The van der Waals surface area contributed by atoms with Gasteiger partial charge in [-0.1, -0.05) is 36.4 Å². The maximum atomic E-state index is 5.30. The van der Waals surface area contributed by atoms with Crippen molar-refractivity contribution in [2.24, 2.45) is 0 Å². The summed E-state index contributed by atoms with van der Waals surface area (Å²) in [6.07, 6.45) is 1.72. The predicted octanol–water partition coefficient (Wildman–Crippen LogP) is -0.701. The Morgan fingerprint density at radius 3 is 2.33 bits per heavy atom. The van der Waals surface area contributed by atoms with Gasteiger partial charge in [-0.25, -0.2) is 5.96 Å². The normalized spacial score (nSPS) is 9.00. The van der Waals surface area contributed by atoms with Crippen LogP contribution in [0.4, 0.5) is 0 Å². The van der Waals surface area contributed by atoms with E-state index in [1.807, 2.05) is 30.2 Å². The first-order valence-electron chi connectivity index (χ1n) is 3.67. The Kier molecular flexibility index (Phi) is 4.46. The van der Waals surface area contributed by atoms with E-state index in [0.29, 0.717) is 0 Å². The molecule has 1 aromatic heterocycles. The molecule has 1 heterocycles. The second kappa shape index (κ2) is 5.15. The molecule has 0 fully saturated rings. The fourth-order valence-corrected chi connectivity index (χ4v) is 1.15. The van der Waals surface area contributed by atoms with Crippen LogP contribution in [0.25, 0.3) is 5.46 Å². The quantitative estimate of drug-likeness (QED) is 0.531. The van der Waals surface area contributed by atoms with Gasteiger partial charge in [0.1, 0.15) is 0 Å². The van der Waals surface area contributed by atoms with Crippen LogP contribution in [-0.4, -0.2) is 6.56 Å². The largest absolute Gasteiger partial charge is 1.00 e. The van der Waals surface area contributed by atoms with Gasteiger partial charge in [0.05, 0.1) is 6.56 Å². The van der Waals surface area contributed by atoms with Crippen molar-refractivity contribution in [1.82, 2.24) is 0 Å². The van der Waals surface area contributed by atoms with E-state index in [9.17, 15) is 0 Å². The van der Waals surface area contributed by atoms with E-state index in [1.165, 1.54) is 5.46 Å². The number of hydrogen-bond acceptors (Lipinski definition) is 1. The van der Waals surface area contributed by atoms with Crippen molar-refractivity contribution < 1.29 is 55.7 Å². The molecule has 2 rings (SSSR count). The SMILES string of the molecule is [K+].c1ccc(-[b-]2ccco2)cc1. The Bertz CT molecular complexity index is 318. The van der Waals surface area contributed by atoms with Crippen LogP contribution < -0.4 is 51.4 Å². The van der Waals surface area contributed by atoms with Crippen LogP contribution in [0, 0.1) is 0 Å². The first-order chi connectivity index (χ1) is 5.47. The van der Waals surface area contributed by atoms with Crippen molar-refractivity contribution in [1.29, 1.82) is 0 Å². The Morgan fingerprint density at radius 1 is 1.00 bits per heavy atom. The van der Waals surface area contributed by atoms with Crippen molar-refractivity contribution in [3.8, 4) is 5.46 Å². The summed E-state index contributed by atoms with van der Waals surface area (Å²) in [6, 6.07) is 12.1. The molecule has 54 valence electrons. The molecule has 1 nitrogen and oxygen atoms in total. The van der Waals surface area contributed by atoms with Crippen molar-refractivity contribution >= 4 is 6.56 Å². The van der Waals surface area contributed by atoms with E-state index in [-0.39, 0.29) is 57.9 Å². The van der Waals surface area contributed by atoms with Gasteiger partial charge < -0.3 is 4.33 Å². The molecule has 2 aromatic rings. The Hall–Kier alpha value is 0.331. The van der Waals surface area contributed by atoms with Crippen LogP contribution >= 0.6 is 0 Å². The molecule has 0 aliphatic carbocycles. The van der Waals surface area contributed by atoms with Crippen molar-refractivity contribution in [2.45, 2.75) is 0 Å². The molecule has 0 amide bonds. The molecule has 0 unspecified atom stereocenters. The van der Waals surface area contributed by atoms with E-state index in [2.05, 4.69) is 12.1 Å². The maximum Gasteiger partial charge on any atom is 1.00 e. The minimum absolute atomic E-state index is 0. The van der Waals surface area contributed by atoms with E-state index in [1.54, 1.807) is 6.26 Å². The number of rotatable bonds is 1. The molecule has 1 aromatic carbocycles. The summed E-state index contributed by atoms with van der Waals surface area (Å²) in [5.74, 6) is 2.04. The molecular weight excluding hydrogens is 174 g/mol. The first kappa shape index (κ1) is 10.4. The van der Waals surface area contributed by atoms with E-state index in [4.69, 9.17) is 4.33 Å². The fourth-order valence-electron chi connectivity index (χ4n) is 1.15. The second-order valence-corrected chi connectivity index (χ2v) is 2.49. The maximum absolute atomic E-state index is 5.30. The number of hydrogen-bond donors (Lipinski definition) is 0. The summed E-state index contributed by atoms with van der Waals surface area (Å²) in [5, 5.41) is 0. The second-order valence-electron chi connectivity index (χ2n) is 2.49. The summed E-state index contributed by atoms with van der Waals surface area (Å²) < 4.78 is 5.30. The van der Waals surface area contributed by atoms with Crippen LogP contribution in [0.2, 0.25) is 0 Å². The summed E-state index contributed by atoms with van der Waals surface area (Å²) in [4.78, 5) is 0. The van der Waals surface area contributed by atoms with Crippen molar-refractivity contribution in [3.63, 3.8) is 0 Å². The molecular formula is C9H8BKO. The fraction of sp³-hybridized carbons (Fsp3) is 0.